The third-order valence-corrected chi connectivity index (χ3v) is 4.85. The molecule has 0 heterocycles. The molecule has 0 aliphatic heterocycles. The van der Waals surface area contributed by atoms with E-state index >= 15 is 0 Å². The first-order valence-electron chi connectivity index (χ1n) is 6.60. The smallest absolute Gasteiger partial charge is 0.160 e. The van der Waals surface area contributed by atoms with E-state index in [1.165, 1.54) is 6.07 Å². The lowest BCUT2D eigenvalue weighted by Gasteiger charge is -2.23. The number of hydrogen-bond acceptors (Lipinski definition) is 2. The Balaban J connectivity index is 2.82. The monoisotopic (exact) mass is 289 g/mol. The molecule has 0 amide bonds. The Morgan fingerprint density at radius 1 is 1.26 bits per heavy atom. The summed E-state index contributed by atoms with van der Waals surface area (Å²) in [4.78, 5) is 0.336. The van der Waals surface area contributed by atoms with Crippen LogP contribution < -0.4 is 5.32 Å². The topological polar surface area (TPSA) is 29.1 Å². The van der Waals surface area contributed by atoms with Gasteiger partial charge in [-0.3, -0.25) is 4.21 Å². The summed E-state index contributed by atoms with van der Waals surface area (Å²) in [5, 5.41) is 3.18. The summed E-state index contributed by atoms with van der Waals surface area (Å²) < 4.78 is 38.4. The summed E-state index contributed by atoms with van der Waals surface area (Å²) in [6.07, 6.45) is 1.84. The molecule has 1 aromatic rings. The highest BCUT2D eigenvalue weighted by Gasteiger charge is 2.22. The molecule has 0 saturated heterocycles. The standard InChI is InChI=1S/C14H21F2NOS/c1-4-8-17-14(5-2)10(3)19(18)11-6-7-12(15)13(16)9-11/h6-7,9-10,14,17H,4-5,8H2,1-3H3. The SMILES string of the molecule is CCCNC(CC)C(C)S(=O)c1ccc(F)c(F)c1. The molecule has 108 valence electrons. The van der Waals surface area contributed by atoms with Gasteiger partial charge in [0.2, 0.25) is 0 Å². The molecule has 19 heavy (non-hydrogen) atoms. The predicted molar refractivity (Wildman–Crippen MR) is 74.6 cm³/mol. The quantitative estimate of drug-likeness (QED) is 0.835. The molecule has 0 aliphatic rings. The van der Waals surface area contributed by atoms with Gasteiger partial charge in [-0.05, 0) is 44.5 Å². The van der Waals surface area contributed by atoms with Crippen LogP contribution in [0.5, 0.6) is 0 Å². The van der Waals surface area contributed by atoms with Crippen LogP contribution in [0.4, 0.5) is 8.78 Å². The third-order valence-electron chi connectivity index (χ3n) is 3.12. The molecule has 0 aliphatic carbocycles. The van der Waals surface area contributed by atoms with Gasteiger partial charge in [-0.1, -0.05) is 13.8 Å². The van der Waals surface area contributed by atoms with E-state index in [-0.39, 0.29) is 11.3 Å². The van der Waals surface area contributed by atoms with Crippen molar-refractivity contribution in [3.05, 3.63) is 29.8 Å². The van der Waals surface area contributed by atoms with Crippen LogP contribution in [0, 0.1) is 11.6 Å². The molecule has 0 saturated carbocycles. The predicted octanol–water partition coefficient (Wildman–Crippen LogP) is 3.24. The van der Waals surface area contributed by atoms with Crippen molar-refractivity contribution in [1.82, 2.24) is 5.32 Å². The highest BCUT2D eigenvalue weighted by Crippen LogP contribution is 2.18. The van der Waals surface area contributed by atoms with E-state index in [1.807, 2.05) is 13.8 Å². The molecule has 1 aromatic carbocycles. The lowest BCUT2D eigenvalue weighted by atomic mass is 10.1. The molecule has 0 bridgehead atoms. The van der Waals surface area contributed by atoms with Gasteiger partial charge in [0.15, 0.2) is 11.6 Å². The molecule has 1 N–H and O–H groups in total. The Morgan fingerprint density at radius 2 is 1.95 bits per heavy atom. The zero-order valence-electron chi connectivity index (χ0n) is 11.6. The first kappa shape index (κ1) is 16.2. The first-order valence-corrected chi connectivity index (χ1v) is 7.81. The van der Waals surface area contributed by atoms with Crippen molar-refractivity contribution in [3.63, 3.8) is 0 Å². The van der Waals surface area contributed by atoms with E-state index in [1.54, 1.807) is 0 Å². The second-order valence-corrected chi connectivity index (χ2v) is 6.36. The summed E-state index contributed by atoms with van der Waals surface area (Å²) in [5.74, 6) is -1.86. The van der Waals surface area contributed by atoms with Crippen molar-refractivity contribution in [2.24, 2.45) is 0 Å². The van der Waals surface area contributed by atoms with E-state index < -0.39 is 22.4 Å². The van der Waals surface area contributed by atoms with E-state index in [4.69, 9.17) is 0 Å². The molecule has 1 rings (SSSR count). The van der Waals surface area contributed by atoms with E-state index in [0.717, 1.165) is 31.5 Å². The Morgan fingerprint density at radius 3 is 2.47 bits per heavy atom. The molecule has 3 unspecified atom stereocenters. The minimum atomic E-state index is -1.35. The number of nitrogens with one attached hydrogen (secondary N) is 1. The zero-order valence-corrected chi connectivity index (χ0v) is 12.4. The van der Waals surface area contributed by atoms with Gasteiger partial charge in [0.05, 0.1) is 16.0 Å². The third kappa shape index (κ3) is 4.35. The van der Waals surface area contributed by atoms with Crippen molar-refractivity contribution in [3.8, 4) is 0 Å². The van der Waals surface area contributed by atoms with Crippen LogP contribution in [0.25, 0.3) is 0 Å². The van der Waals surface area contributed by atoms with E-state index in [0.29, 0.717) is 4.90 Å². The van der Waals surface area contributed by atoms with Crippen molar-refractivity contribution in [2.45, 2.75) is 49.8 Å². The van der Waals surface area contributed by atoms with Crippen LogP contribution in [0.1, 0.15) is 33.6 Å². The number of hydrogen-bond donors (Lipinski definition) is 1. The summed E-state index contributed by atoms with van der Waals surface area (Å²) >= 11 is 0. The zero-order chi connectivity index (χ0) is 14.4. The van der Waals surface area contributed by atoms with Crippen molar-refractivity contribution in [1.29, 1.82) is 0 Å². The second-order valence-electron chi connectivity index (χ2n) is 4.55. The van der Waals surface area contributed by atoms with Gasteiger partial charge in [0.1, 0.15) is 0 Å². The van der Waals surface area contributed by atoms with Crippen LogP contribution in [0.3, 0.4) is 0 Å². The molecule has 3 atom stereocenters. The Bertz CT molecular complexity index is 439. The molecular weight excluding hydrogens is 268 g/mol. The van der Waals surface area contributed by atoms with Crippen LogP contribution in [-0.2, 0) is 10.8 Å². The second kappa shape index (κ2) is 7.70. The summed E-state index contributed by atoms with van der Waals surface area (Å²) in [7, 11) is -1.35. The van der Waals surface area contributed by atoms with Crippen molar-refractivity contribution >= 4 is 10.8 Å². The van der Waals surface area contributed by atoms with Crippen LogP contribution in [0.2, 0.25) is 0 Å². The molecule has 0 aromatic heterocycles. The number of rotatable bonds is 7. The average Bonchev–Trinajstić information content (AvgIpc) is 2.41. The number of benzene rings is 1. The molecule has 0 radical (unpaired) electrons. The normalized spacial score (nSPS) is 16.1. The van der Waals surface area contributed by atoms with Gasteiger partial charge in [-0.2, -0.15) is 0 Å². The largest absolute Gasteiger partial charge is 0.313 e. The Hall–Kier alpha value is -0.810. The first-order chi connectivity index (χ1) is 9.01. The highest BCUT2D eigenvalue weighted by atomic mass is 32.2. The van der Waals surface area contributed by atoms with Gasteiger partial charge >= 0.3 is 0 Å². The highest BCUT2D eigenvalue weighted by molar-refractivity contribution is 7.85. The maximum absolute atomic E-state index is 13.2. The fourth-order valence-corrected chi connectivity index (χ4v) is 3.38. The Labute approximate surface area is 116 Å². The minimum Gasteiger partial charge on any atom is -0.313 e. The summed E-state index contributed by atoms with van der Waals surface area (Å²) in [6, 6.07) is 3.54. The van der Waals surface area contributed by atoms with Gasteiger partial charge in [-0.15, -0.1) is 0 Å². The average molecular weight is 289 g/mol. The molecular formula is C14H21F2NOS. The van der Waals surface area contributed by atoms with Crippen LogP contribution in [-0.4, -0.2) is 22.0 Å². The van der Waals surface area contributed by atoms with Gasteiger partial charge in [0, 0.05) is 10.9 Å². The minimum absolute atomic E-state index is 0.105. The van der Waals surface area contributed by atoms with Crippen LogP contribution in [0.15, 0.2) is 23.1 Å². The van der Waals surface area contributed by atoms with Gasteiger partial charge in [-0.25, -0.2) is 8.78 Å². The molecule has 0 fully saturated rings. The van der Waals surface area contributed by atoms with Crippen molar-refractivity contribution in [2.75, 3.05) is 6.54 Å². The van der Waals surface area contributed by atoms with Crippen LogP contribution >= 0.6 is 0 Å². The van der Waals surface area contributed by atoms with Gasteiger partial charge in [0.25, 0.3) is 0 Å². The van der Waals surface area contributed by atoms with E-state index in [2.05, 4.69) is 12.2 Å². The fourth-order valence-electron chi connectivity index (χ4n) is 1.94. The van der Waals surface area contributed by atoms with Crippen molar-refractivity contribution < 1.29 is 13.0 Å². The maximum atomic E-state index is 13.2. The molecule has 5 heteroatoms. The molecule has 0 spiro atoms. The van der Waals surface area contributed by atoms with Gasteiger partial charge < -0.3 is 5.32 Å². The summed E-state index contributed by atoms with van der Waals surface area (Å²) in [6.45, 7) is 6.81. The lowest BCUT2D eigenvalue weighted by molar-refractivity contribution is 0.485. The molecule has 2 nitrogen and oxygen atoms in total. The Kier molecular flexibility index (Phi) is 6.58. The summed E-state index contributed by atoms with van der Waals surface area (Å²) in [5.41, 5.74) is 0. The number of halogens is 2. The fraction of sp³-hybridized carbons (Fsp3) is 0.571. The van der Waals surface area contributed by atoms with E-state index in [9.17, 15) is 13.0 Å². The lowest BCUT2D eigenvalue weighted by Crippen LogP contribution is -2.40. The maximum Gasteiger partial charge on any atom is 0.160 e.